The first-order valence-electron chi connectivity index (χ1n) is 9.53. The molecule has 0 spiro atoms. The third-order valence-corrected chi connectivity index (χ3v) is 4.94. The lowest BCUT2D eigenvalue weighted by atomic mass is 10.0. The van der Waals surface area contributed by atoms with Crippen LogP contribution in [0.1, 0.15) is 30.0 Å². The van der Waals surface area contributed by atoms with E-state index < -0.39 is 17.8 Å². The van der Waals surface area contributed by atoms with E-state index in [1.807, 2.05) is 42.5 Å². The van der Waals surface area contributed by atoms with E-state index in [9.17, 15) is 13.2 Å². The van der Waals surface area contributed by atoms with Gasteiger partial charge in [0.15, 0.2) is 0 Å². The molecule has 8 heteroatoms. The van der Waals surface area contributed by atoms with Gasteiger partial charge in [-0.25, -0.2) is 9.87 Å². The van der Waals surface area contributed by atoms with Crippen molar-refractivity contribution in [2.75, 3.05) is 0 Å². The van der Waals surface area contributed by atoms with E-state index in [-0.39, 0.29) is 6.61 Å². The van der Waals surface area contributed by atoms with E-state index in [0.717, 1.165) is 39.9 Å². The first-order chi connectivity index (χ1) is 14.8. The normalized spacial score (nSPS) is 12.8. The molecule has 1 unspecified atom stereocenters. The SMILES string of the molecule is CC(OO)c1cccc(-c2ccc3nc(COc4ccc(C(F)(F)F)cc4)[nH]c3c2)c1. The molecule has 5 nitrogen and oxygen atoms in total. The van der Waals surface area contributed by atoms with Crippen LogP contribution >= 0.6 is 0 Å². The predicted molar refractivity (Wildman–Crippen MR) is 109 cm³/mol. The number of nitrogens with zero attached hydrogens (tertiary/aromatic N) is 1. The molecule has 4 aromatic rings. The van der Waals surface area contributed by atoms with Gasteiger partial charge in [0.1, 0.15) is 24.3 Å². The van der Waals surface area contributed by atoms with Gasteiger partial charge in [0.05, 0.1) is 16.6 Å². The number of halogens is 3. The number of aromatic amines is 1. The fraction of sp³-hybridized carbons (Fsp3) is 0.174. The van der Waals surface area contributed by atoms with Crippen molar-refractivity contribution in [2.24, 2.45) is 0 Å². The van der Waals surface area contributed by atoms with Gasteiger partial charge in [-0.3, -0.25) is 5.26 Å². The Morgan fingerprint density at radius 1 is 1.00 bits per heavy atom. The van der Waals surface area contributed by atoms with Crippen molar-refractivity contribution in [1.29, 1.82) is 0 Å². The molecular weight excluding hydrogens is 409 g/mol. The van der Waals surface area contributed by atoms with E-state index in [4.69, 9.17) is 9.99 Å². The summed E-state index contributed by atoms with van der Waals surface area (Å²) in [6.07, 6.45) is -4.82. The summed E-state index contributed by atoms with van der Waals surface area (Å²) in [6.45, 7) is 1.84. The van der Waals surface area contributed by atoms with Crippen molar-refractivity contribution in [3.63, 3.8) is 0 Å². The molecule has 1 atom stereocenters. The lowest BCUT2D eigenvalue weighted by Crippen LogP contribution is -2.04. The first kappa shape index (κ1) is 20.9. The van der Waals surface area contributed by atoms with Gasteiger partial charge in [-0.05, 0) is 66.1 Å². The van der Waals surface area contributed by atoms with Crippen LogP contribution in [0.25, 0.3) is 22.2 Å². The monoisotopic (exact) mass is 428 g/mol. The zero-order chi connectivity index (χ0) is 22.0. The summed E-state index contributed by atoms with van der Waals surface area (Å²) >= 11 is 0. The van der Waals surface area contributed by atoms with E-state index in [2.05, 4.69) is 14.9 Å². The second-order valence-corrected chi connectivity index (χ2v) is 7.10. The van der Waals surface area contributed by atoms with Crippen molar-refractivity contribution < 1.29 is 28.1 Å². The summed E-state index contributed by atoms with van der Waals surface area (Å²) in [4.78, 5) is 12.0. The molecular formula is C23H19F3N2O3. The minimum atomic E-state index is -4.38. The van der Waals surface area contributed by atoms with Crippen LogP contribution in [0, 0.1) is 0 Å². The maximum absolute atomic E-state index is 12.7. The number of hydrogen-bond donors (Lipinski definition) is 2. The largest absolute Gasteiger partial charge is 0.486 e. The number of fused-ring (bicyclic) bond motifs is 1. The van der Waals surface area contributed by atoms with Gasteiger partial charge in [-0.2, -0.15) is 13.2 Å². The quantitative estimate of drug-likeness (QED) is 0.276. The maximum atomic E-state index is 12.7. The molecule has 0 amide bonds. The molecule has 2 N–H and O–H groups in total. The highest BCUT2D eigenvalue weighted by molar-refractivity contribution is 5.82. The zero-order valence-electron chi connectivity index (χ0n) is 16.5. The molecule has 0 aliphatic rings. The van der Waals surface area contributed by atoms with Crippen LogP contribution in [0.15, 0.2) is 66.7 Å². The molecule has 1 heterocycles. The Bertz CT molecular complexity index is 1190. The molecule has 0 bridgehead atoms. The van der Waals surface area contributed by atoms with Crippen LogP contribution in [0.5, 0.6) is 5.75 Å². The molecule has 0 radical (unpaired) electrons. The lowest BCUT2D eigenvalue weighted by molar-refractivity contribution is -0.277. The molecule has 0 saturated heterocycles. The topological polar surface area (TPSA) is 67.4 Å². The minimum Gasteiger partial charge on any atom is -0.486 e. The van der Waals surface area contributed by atoms with E-state index in [1.165, 1.54) is 12.1 Å². The second kappa shape index (κ2) is 8.41. The number of alkyl halides is 3. The Kier molecular flexibility index (Phi) is 5.67. The molecule has 0 aliphatic carbocycles. The summed E-state index contributed by atoms with van der Waals surface area (Å²) in [5.41, 5.74) is 3.59. The van der Waals surface area contributed by atoms with Crippen LogP contribution in [0.2, 0.25) is 0 Å². The van der Waals surface area contributed by atoms with Gasteiger partial charge in [0.25, 0.3) is 0 Å². The Balaban J connectivity index is 1.50. The lowest BCUT2D eigenvalue weighted by Gasteiger charge is -2.10. The van der Waals surface area contributed by atoms with Crippen molar-refractivity contribution in [2.45, 2.75) is 25.8 Å². The average Bonchev–Trinajstić information content (AvgIpc) is 3.19. The van der Waals surface area contributed by atoms with Crippen LogP contribution < -0.4 is 4.74 Å². The van der Waals surface area contributed by atoms with Crippen molar-refractivity contribution >= 4 is 11.0 Å². The Morgan fingerprint density at radius 2 is 1.74 bits per heavy atom. The van der Waals surface area contributed by atoms with E-state index >= 15 is 0 Å². The van der Waals surface area contributed by atoms with Gasteiger partial charge >= 0.3 is 6.18 Å². The fourth-order valence-corrected chi connectivity index (χ4v) is 3.23. The number of imidazole rings is 1. The van der Waals surface area contributed by atoms with Gasteiger partial charge < -0.3 is 9.72 Å². The Morgan fingerprint density at radius 3 is 2.45 bits per heavy atom. The highest BCUT2D eigenvalue weighted by atomic mass is 19.4. The smallest absolute Gasteiger partial charge is 0.416 e. The Hall–Kier alpha value is -3.36. The zero-order valence-corrected chi connectivity index (χ0v) is 16.5. The van der Waals surface area contributed by atoms with Gasteiger partial charge in [-0.15, -0.1) is 0 Å². The number of benzene rings is 3. The molecule has 3 aromatic carbocycles. The van der Waals surface area contributed by atoms with E-state index in [0.29, 0.717) is 11.6 Å². The number of H-pyrrole nitrogens is 1. The van der Waals surface area contributed by atoms with Gasteiger partial charge in [0.2, 0.25) is 0 Å². The van der Waals surface area contributed by atoms with Crippen molar-refractivity contribution in [1.82, 2.24) is 9.97 Å². The van der Waals surface area contributed by atoms with Gasteiger partial charge in [0, 0.05) is 0 Å². The third kappa shape index (κ3) is 4.70. The van der Waals surface area contributed by atoms with Crippen LogP contribution in [-0.2, 0) is 17.7 Å². The molecule has 160 valence electrons. The minimum absolute atomic E-state index is 0.0935. The van der Waals surface area contributed by atoms with Crippen LogP contribution in [0.3, 0.4) is 0 Å². The standard InChI is InChI=1S/C23H19F3N2O3/c1-14(31-29)15-3-2-4-16(11-15)17-5-10-20-21(12-17)28-22(27-20)13-30-19-8-6-18(7-9-19)23(24,25)26/h2-12,14,29H,13H2,1H3,(H,27,28). The molecule has 4 rings (SSSR count). The molecule has 0 fully saturated rings. The third-order valence-electron chi connectivity index (χ3n) is 4.94. The predicted octanol–water partition coefficient (Wildman–Crippen LogP) is 6.38. The summed E-state index contributed by atoms with van der Waals surface area (Å²) in [7, 11) is 0. The molecule has 0 aliphatic heterocycles. The second-order valence-electron chi connectivity index (χ2n) is 7.10. The van der Waals surface area contributed by atoms with Crippen molar-refractivity contribution in [3.05, 3.63) is 83.7 Å². The molecule has 1 aromatic heterocycles. The highest BCUT2D eigenvalue weighted by Gasteiger charge is 2.30. The molecule has 31 heavy (non-hydrogen) atoms. The number of nitrogens with one attached hydrogen (secondary N) is 1. The number of ether oxygens (including phenoxy) is 1. The first-order valence-corrected chi connectivity index (χ1v) is 9.53. The maximum Gasteiger partial charge on any atom is 0.416 e. The number of aromatic nitrogens is 2. The summed E-state index contributed by atoms with van der Waals surface area (Å²) in [5.74, 6) is 0.884. The van der Waals surface area contributed by atoms with Crippen LogP contribution in [-0.4, -0.2) is 15.2 Å². The average molecular weight is 428 g/mol. The summed E-state index contributed by atoms with van der Waals surface area (Å²) < 4.78 is 43.5. The summed E-state index contributed by atoms with van der Waals surface area (Å²) in [6, 6.07) is 18.0. The fourth-order valence-electron chi connectivity index (χ4n) is 3.23. The molecule has 0 saturated carbocycles. The Labute approximate surface area is 176 Å². The van der Waals surface area contributed by atoms with Crippen molar-refractivity contribution in [3.8, 4) is 16.9 Å². The van der Waals surface area contributed by atoms with Crippen LogP contribution in [0.4, 0.5) is 13.2 Å². The number of rotatable bonds is 6. The summed E-state index contributed by atoms with van der Waals surface area (Å²) in [5, 5.41) is 8.90. The van der Waals surface area contributed by atoms with Gasteiger partial charge in [-0.1, -0.05) is 24.3 Å². The highest BCUT2D eigenvalue weighted by Crippen LogP contribution is 2.30. The van der Waals surface area contributed by atoms with E-state index in [1.54, 1.807) is 6.92 Å². The number of hydrogen-bond acceptors (Lipinski definition) is 4.